The highest BCUT2D eigenvalue weighted by molar-refractivity contribution is 7.98. The third-order valence-electron chi connectivity index (χ3n) is 2.49. The summed E-state index contributed by atoms with van der Waals surface area (Å²) in [5.74, 6) is 0.727. The molecule has 4 nitrogen and oxygen atoms in total. The number of benzene rings is 1. The molecular weight excluding hydrogens is 246 g/mol. The lowest BCUT2D eigenvalue weighted by Crippen LogP contribution is -2.40. The fourth-order valence-corrected chi connectivity index (χ4v) is 1.94. The standard InChI is InChI=1S/C13H17N3OS/c1-18-6-5-12(15)13(17)16-9-11-4-2-3-10(7-11)8-14/h2-4,7,12H,5-6,9,15H2,1H3,(H,16,17)/t12-/m0/s1. The van der Waals surface area contributed by atoms with Crippen LogP contribution in [0.1, 0.15) is 17.5 Å². The number of nitrogens with two attached hydrogens (primary N) is 1. The van der Waals surface area contributed by atoms with Gasteiger partial charge in [0.2, 0.25) is 5.91 Å². The molecule has 96 valence electrons. The van der Waals surface area contributed by atoms with E-state index in [1.165, 1.54) is 0 Å². The molecule has 5 heteroatoms. The predicted molar refractivity (Wildman–Crippen MR) is 74.0 cm³/mol. The van der Waals surface area contributed by atoms with Gasteiger partial charge in [-0.1, -0.05) is 12.1 Å². The molecule has 1 aromatic carbocycles. The van der Waals surface area contributed by atoms with Crippen molar-refractivity contribution in [3.63, 3.8) is 0 Å². The molecular formula is C13H17N3OS. The fourth-order valence-electron chi connectivity index (χ4n) is 1.45. The van der Waals surface area contributed by atoms with Crippen LogP contribution in [0, 0.1) is 11.3 Å². The van der Waals surface area contributed by atoms with E-state index >= 15 is 0 Å². The molecule has 3 N–H and O–H groups in total. The normalized spacial score (nSPS) is 11.6. The summed E-state index contributed by atoms with van der Waals surface area (Å²) in [5, 5.41) is 11.5. The zero-order valence-corrected chi connectivity index (χ0v) is 11.2. The van der Waals surface area contributed by atoms with Gasteiger partial charge in [-0.05, 0) is 36.1 Å². The Bertz CT molecular complexity index is 442. The summed E-state index contributed by atoms with van der Waals surface area (Å²) in [5.41, 5.74) is 7.24. The third-order valence-corrected chi connectivity index (χ3v) is 3.14. The lowest BCUT2D eigenvalue weighted by molar-refractivity contribution is -0.122. The number of hydrogen-bond donors (Lipinski definition) is 2. The summed E-state index contributed by atoms with van der Waals surface area (Å²) in [6.45, 7) is 0.404. The summed E-state index contributed by atoms with van der Waals surface area (Å²) in [6.07, 6.45) is 2.66. The molecule has 0 aromatic heterocycles. The van der Waals surface area contributed by atoms with Crippen molar-refractivity contribution in [2.24, 2.45) is 5.73 Å². The second-order valence-corrected chi connectivity index (χ2v) is 4.90. The fraction of sp³-hybridized carbons (Fsp3) is 0.385. The molecule has 0 saturated carbocycles. The van der Waals surface area contributed by atoms with Crippen molar-refractivity contribution >= 4 is 17.7 Å². The molecule has 0 spiro atoms. The van der Waals surface area contributed by atoms with E-state index in [0.29, 0.717) is 18.5 Å². The van der Waals surface area contributed by atoms with Crippen LogP contribution in [0.15, 0.2) is 24.3 Å². The predicted octanol–water partition coefficient (Wildman–Crippen LogP) is 1.25. The van der Waals surface area contributed by atoms with Crippen molar-refractivity contribution in [2.75, 3.05) is 12.0 Å². The zero-order chi connectivity index (χ0) is 13.4. The second kappa shape index (κ2) is 7.75. The van der Waals surface area contributed by atoms with Crippen LogP contribution in [-0.2, 0) is 11.3 Å². The van der Waals surface area contributed by atoms with Gasteiger partial charge in [-0.3, -0.25) is 4.79 Å². The molecule has 1 aromatic rings. The summed E-state index contributed by atoms with van der Waals surface area (Å²) in [7, 11) is 0. The summed E-state index contributed by atoms with van der Waals surface area (Å²) < 4.78 is 0. The molecule has 1 amide bonds. The Labute approximate surface area is 112 Å². The van der Waals surface area contributed by atoms with Gasteiger partial charge >= 0.3 is 0 Å². The number of nitrogens with one attached hydrogen (secondary N) is 1. The third kappa shape index (κ3) is 4.78. The number of hydrogen-bond acceptors (Lipinski definition) is 4. The van der Waals surface area contributed by atoms with Crippen molar-refractivity contribution in [3.05, 3.63) is 35.4 Å². The van der Waals surface area contributed by atoms with Gasteiger partial charge in [0, 0.05) is 6.54 Å². The maximum Gasteiger partial charge on any atom is 0.237 e. The summed E-state index contributed by atoms with van der Waals surface area (Å²) in [4.78, 5) is 11.7. The quantitative estimate of drug-likeness (QED) is 0.809. The maximum absolute atomic E-state index is 11.7. The Hall–Kier alpha value is -1.51. The minimum absolute atomic E-state index is 0.147. The molecule has 0 unspecified atom stereocenters. The monoisotopic (exact) mass is 263 g/mol. The Kier molecular flexibility index (Phi) is 6.26. The van der Waals surface area contributed by atoms with Gasteiger partial charge in [0.1, 0.15) is 0 Å². The van der Waals surface area contributed by atoms with Crippen molar-refractivity contribution < 1.29 is 4.79 Å². The van der Waals surface area contributed by atoms with Crippen LogP contribution >= 0.6 is 11.8 Å². The largest absolute Gasteiger partial charge is 0.351 e. The first-order chi connectivity index (χ1) is 8.67. The van der Waals surface area contributed by atoms with E-state index in [-0.39, 0.29) is 5.91 Å². The number of thioether (sulfide) groups is 1. The van der Waals surface area contributed by atoms with E-state index in [9.17, 15) is 4.79 Å². The molecule has 0 heterocycles. The first kappa shape index (κ1) is 14.6. The van der Waals surface area contributed by atoms with Gasteiger partial charge < -0.3 is 11.1 Å². The van der Waals surface area contributed by atoms with E-state index in [2.05, 4.69) is 11.4 Å². The minimum Gasteiger partial charge on any atom is -0.351 e. The zero-order valence-electron chi connectivity index (χ0n) is 10.3. The molecule has 0 bridgehead atoms. The molecule has 0 aliphatic heterocycles. The first-order valence-electron chi connectivity index (χ1n) is 5.68. The van der Waals surface area contributed by atoms with E-state index < -0.39 is 6.04 Å². The summed E-state index contributed by atoms with van der Waals surface area (Å²) >= 11 is 1.67. The van der Waals surface area contributed by atoms with Crippen LogP contribution in [0.5, 0.6) is 0 Å². The molecule has 1 atom stereocenters. The van der Waals surface area contributed by atoms with Gasteiger partial charge in [-0.15, -0.1) is 0 Å². The van der Waals surface area contributed by atoms with E-state index in [0.717, 1.165) is 11.3 Å². The van der Waals surface area contributed by atoms with Crippen molar-refractivity contribution in [3.8, 4) is 6.07 Å². The lowest BCUT2D eigenvalue weighted by Gasteiger charge is -2.11. The number of carbonyl (C=O) groups excluding carboxylic acids is 1. The van der Waals surface area contributed by atoms with E-state index in [4.69, 9.17) is 11.0 Å². The van der Waals surface area contributed by atoms with E-state index in [1.807, 2.05) is 12.3 Å². The highest BCUT2D eigenvalue weighted by atomic mass is 32.2. The summed E-state index contributed by atoms with van der Waals surface area (Å²) in [6, 6.07) is 8.76. The number of nitrogens with zero attached hydrogens (tertiary/aromatic N) is 1. The number of carbonyl (C=O) groups is 1. The minimum atomic E-state index is -0.461. The molecule has 1 rings (SSSR count). The number of nitriles is 1. The Balaban J connectivity index is 2.44. The highest BCUT2D eigenvalue weighted by Gasteiger charge is 2.12. The molecule has 0 saturated heterocycles. The average molecular weight is 263 g/mol. The Morgan fingerprint density at radius 1 is 1.61 bits per heavy atom. The van der Waals surface area contributed by atoms with Crippen molar-refractivity contribution in [1.29, 1.82) is 5.26 Å². The Morgan fingerprint density at radius 3 is 3.06 bits per heavy atom. The van der Waals surface area contributed by atoms with Crippen LogP contribution < -0.4 is 11.1 Å². The van der Waals surface area contributed by atoms with Crippen LogP contribution in [0.25, 0.3) is 0 Å². The van der Waals surface area contributed by atoms with Crippen LogP contribution in [0.2, 0.25) is 0 Å². The molecule has 0 radical (unpaired) electrons. The van der Waals surface area contributed by atoms with Crippen LogP contribution in [-0.4, -0.2) is 24.0 Å². The second-order valence-electron chi connectivity index (χ2n) is 3.92. The smallest absolute Gasteiger partial charge is 0.237 e. The van der Waals surface area contributed by atoms with E-state index in [1.54, 1.807) is 30.0 Å². The Morgan fingerprint density at radius 2 is 2.39 bits per heavy atom. The van der Waals surface area contributed by atoms with Gasteiger partial charge in [-0.2, -0.15) is 17.0 Å². The van der Waals surface area contributed by atoms with Crippen molar-refractivity contribution in [1.82, 2.24) is 5.32 Å². The average Bonchev–Trinajstić information content (AvgIpc) is 2.42. The van der Waals surface area contributed by atoms with Crippen LogP contribution in [0.4, 0.5) is 0 Å². The lowest BCUT2D eigenvalue weighted by atomic mass is 10.1. The molecule has 0 aliphatic carbocycles. The highest BCUT2D eigenvalue weighted by Crippen LogP contribution is 2.04. The number of rotatable bonds is 6. The van der Waals surface area contributed by atoms with Gasteiger partial charge in [0.15, 0.2) is 0 Å². The maximum atomic E-state index is 11.7. The number of amides is 1. The topological polar surface area (TPSA) is 78.9 Å². The molecule has 0 fully saturated rings. The van der Waals surface area contributed by atoms with Gasteiger partial charge in [-0.25, -0.2) is 0 Å². The molecule has 18 heavy (non-hydrogen) atoms. The van der Waals surface area contributed by atoms with Crippen molar-refractivity contribution in [2.45, 2.75) is 19.0 Å². The molecule has 0 aliphatic rings. The van der Waals surface area contributed by atoms with Crippen LogP contribution in [0.3, 0.4) is 0 Å². The SMILES string of the molecule is CSCC[C@H](N)C(=O)NCc1cccc(C#N)c1. The first-order valence-corrected chi connectivity index (χ1v) is 7.08. The van der Waals surface area contributed by atoms with Gasteiger partial charge in [0.25, 0.3) is 0 Å². The van der Waals surface area contributed by atoms with Gasteiger partial charge in [0.05, 0.1) is 17.7 Å².